The minimum absolute atomic E-state index is 0.0382. The van der Waals surface area contributed by atoms with Gasteiger partial charge in [0, 0.05) is 11.8 Å². The maximum absolute atomic E-state index is 12.0. The summed E-state index contributed by atoms with van der Waals surface area (Å²) in [6, 6.07) is 7.50. The lowest BCUT2D eigenvalue weighted by molar-refractivity contribution is -0.121. The Morgan fingerprint density at radius 1 is 1.19 bits per heavy atom. The first kappa shape index (κ1) is 19.7. The molecule has 26 heavy (non-hydrogen) atoms. The fourth-order valence-corrected chi connectivity index (χ4v) is 2.66. The molecule has 0 unspecified atom stereocenters. The smallest absolute Gasteiger partial charge is 0.253 e. The van der Waals surface area contributed by atoms with E-state index >= 15 is 0 Å². The number of carbonyl (C=O) groups is 1. The van der Waals surface area contributed by atoms with Gasteiger partial charge >= 0.3 is 0 Å². The quantitative estimate of drug-likeness (QED) is 0.700. The van der Waals surface area contributed by atoms with Crippen LogP contribution in [0.15, 0.2) is 35.4 Å². The van der Waals surface area contributed by atoms with Crippen molar-refractivity contribution in [3.05, 3.63) is 57.8 Å². The summed E-state index contributed by atoms with van der Waals surface area (Å²) in [7, 11) is 0. The number of unbranched alkanes of at least 4 members (excludes halogenated alkanes) is 1. The van der Waals surface area contributed by atoms with Gasteiger partial charge in [-0.15, -0.1) is 0 Å². The monoisotopic (exact) mass is 357 g/mol. The zero-order valence-corrected chi connectivity index (χ0v) is 15.7. The molecule has 1 heterocycles. The standard InChI is InChI=1S/C20H27N3O3/c1-4-5-6-17-12-20(25)23(14-22-17)13-19(24)21-7-8-26-18-10-15(2)9-16(3)11-18/h9-12,14H,4-8,13H2,1-3H3,(H,21,24). The molecule has 6 heteroatoms. The van der Waals surface area contributed by atoms with E-state index in [1.165, 1.54) is 17.0 Å². The average molecular weight is 357 g/mol. The summed E-state index contributed by atoms with van der Waals surface area (Å²) >= 11 is 0. The van der Waals surface area contributed by atoms with Crippen molar-refractivity contribution in [3.63, 3.8) is 0 Å². The first-order valence-corrected chi connectivity index (χ1v) is 9.01. The van der Waals surface area contributed by atoms with Crippen LogP contribution < -0.4 is 15.6 Å². The van der Waals surface area contributed by atoms with Gasteiger partial charge in [-0.3, -0.25) is 14.2 Å². The molecular formula is C20H27N3O3. The lowest BCUT2D eigenvalue weighted by Crippen LogP contribution is -2.34. The van der Waals surface area contributed by atoms with E-state index in [2.05, 4.69) is 23.3 Å². The molecule has 1 aromatic carbocycles. The van der Waals surface area contributed by atoms with Gasteiger partial charge in [-0.2, -0.15) is 0 Å². The van der Waals surface area contributed by atoms with Crippen LogP contribution >= 0.6 is 0 Å². The molecule has 0 atom stereocenters. The van der Waals surface area contributed by atoms with E-state index < -0.39 is 0 Å². The zero-order valence-electron chi connectivity index (χ0n) is 15.7. The van der Waals surface area contributed by atoms with Gasteiger partial charge in [-0.25, -0.2) is 4.98 Å². The SMILES string of the molecule is CCCCc1cc(=O)n(CC(=O)NCCOc2cc(C)cc(C)c2)cn1. The third kappa shape index (κ3) is 6.35. The molecule has 0 aliphatic heterocycles. The van der Waals surface area contributed by atoms with E-state index in [0.29, 0.717) is 13.2 Å². The predicted molar refractivity (Wildman–Crippen MR) is 102 cm³/mol. The fraction of sp³-hybridized carbons (Fsp3) is 0.450. The maximum Gasteiger partial charge on any atom is 0.253 e. The molecular weight excluding hydrogens is 330 g/mol. The molecule has 1 amide bonds. The van der Waals surface area contributed by atoms with E-state index in [4.69, 9.17) is 4.74 Å². The summed E-state index contributed by atoms with van der Waals surface area (Å²) in [6.45, 7) is 6.83. The lowest BCUT2D eigenvalue weighted by atomic mass is 10.1. The lowest BCUT2D eigenvalue weighted by Gasteiger charge is -2.10. The molecule has 0 saturated carbocycles. The van der Waals surface area contributed by atoms with E-state index in [-0.39, 0.29) is 18.0 Å². The third-order valence-corrected chi connectivity index (χ3v) is 3.92. The third-order valence-electron chi connectivity index (χ3n) is 3.92. The van der Waals surface area contributed by atoms with Gasteiger partial charge in [0.25, 0.3) is 5.56 Å². The average Bonchev–Trinajstić information content (AvgIpc) is 2.58. The Morgan fingerprint density at radius 3 is 2.58 bits per heavy atom. The Kier molecular flexibility index (Phi) is 7.38. The van der Waals surface area contributed by atoms with Crippen molar-refractivity contribution in [2.45, 2.75) is 46.6 Å². The predicted octanol–water partition coefficient (Wildman–Crippen LogP) is 2.40. The molecule has 0 aliphatic carbocycles. The Morgan fingerprint density at radius 2 is 1.92 bits per heavy atom. The maximum atomic E-state index is 12.0. The topological polar surface area (TPSA) is 73.2 Å². The van der Waals surface area contributed by atoms with Gasteiger partial charge in [0.2, 0.25) is 5.91 Å². The number of aromatic nitrogens is 2. The van der Waals surface area contributed by atoms with Crippen LogP contribution in [0, 0.1) is 13.8 Å². The summed E-state index contributed by atoms with van der Waals surface area (Å²) in [5.41, 5.74) is 2.85. The largest absolute Gasteiger partial charge is 0.492 e. The van der Waals surface area contributed by atoms with Crippen molar-refractivity contribution in [3.8, 4) is 5.75 Å². The highest BCUT2D eigenvalue weighted by atomic mass is 16.5. The molecule has 2 rings (SSSR count). The number of aryl methyl sites for hydroxylation is 3. The van der Waals surface area contributed by atoms with Crippen molar-refractivity contribution in [1.29, 1.82) is 0 Å². The highest BCUT2D eigenvalue weighted by Crippen LogP contribution is 2.15. The van der Waals surface area contributed by atoms with Crippen molar-refractivity contribution in [2.75, 3.05) is 13.2 Å². The summed E-state index contributed by atoms with van der Waals surface area (Å²) in [6.07, 6.45) is 4.28. The van der Waals surface area contributed by atoms with Gasteiger partial charge in [0.1, 0.15) is 18.9 Å². The molecule has 0 saturated heterocycles. The van der Waals surface area contributed by atoms with Crippen LogP contribution in [-0.2, 0) is 17.8 Å². The Bertz CT molecular complexity index is 779. The van der Waals surface area contributed by atoms with E-state index in [9.17, 15) is 9.59 Å². The first-order valence-electron chi connectivity index (χ1n) is 9.01. The highest BCUT2D eigenvalue weighted by Gasteiger charge is 2.06. The number of ether oxygens (including phenoxy) is 1. The van der Waals surface area contributed by atoms with E-state index in [1.807, 2.05) is 26.0 Å². The normalized spacial score (nSPS) is 10.6. The second-order valence-electron chi connectivity index (χ2n) is 6.47. The Hall–Kier alpha value is -2.63. The fourth-order valence-electron chi connectivity index (χ4n) is 2.66. The molecule has 0 spiro atoms. The molecule has 1 aromatic heterocycles. The molecule has 140 valence electrons. The van der Waals surface area contributed by atoms with Gasteiger partial charge in [-0.05, 0) is 49.9 Å². The number of amides is 1. The molecule has 6 nitrogen and oxygen atoms in total. The summed E-state index contributed by atoms with van der Waals surface area (Å²) in [4.78, 5) is 28.3. The second-order valence-corrected chi connectivity index (χ2v) is 6.47. The van der Waals surface area contributed by atoms with Crippen molar-refractivity contribution >= 4 is 5.91 Å². The molecule has 0 radical (unpaired) electrons. The van der Waals surface area contributed by atoms with Gasteiger partial charge in [-0.1, -0.05) is 19.4 Å². The summed E-state index contributed by atoms with van der Waals surface area (Å²) in [5, 5.41) is 2.76. The minimum atomic E-state index is -0.237. The summed E-state index contributed by atoms with van der Waals surface area (Å²) < 4.78 is 6.96. The minimum Gasteiger partial charge on any atom is -0.492 e. The molecule has 0 aliphatic rings. The number of rotatable bonds is 9. The first-order chi connectivity index (χ1) is 12.5. The van der Waals surface area contributed by atoms with Crippen LogP contribution in [0.4, 0.5) is 0 Å². The second kappa shape index (κ2) is 9.75. The number of nitrogens with zero attached hydrogens (tertiary/aromatic N) is 2. The molecule has 0 fully saturated rings. The van der Waals surface area contributed by atoms with E-state index in [0.717, 1.165) is 41.8 Å². The van der Waals surface area contributed by atoms with Gasteiger partial charge in [0.05, 0.1) is 12.9 Å². The Balaban J connectivity index is 1.77. The van der Waals surface area contributed by atoms with Crippen molar-refractivity contribution < 1.29 is 9.53 Å². The van der Waals surface area contributed by atoms with Crippen LogP contribution in [-0.4, -0.2) is 28.6 Å². The van der Waals surface area contributed by atoms with Crippen LogP contribution in [0.3, 0.4) is 0 Å². The number of carbonyl (C=O) groups excluding carboxylic acids is 1. The van der Waals surface area contributed by atoms with Gasteiger partial charge < -0.3 is 10.1 Å². The molecule has 2 aromatic rings. The van der Waals surface area contributed by atoms with Crippen molar-refractivity contribution in [1.82, 2.24) is 14.9 Å². The number of hydrogen-bond acceptors (Lipinski definition) is 4. The van der Waals surface area contributed by atoms with Crippen LogP contribution in [0.2, 0.25) is 0 Å². The number of nitrogens with one attached hydrogen (secondary N) is 1. The van der Waals surface area contributed by atoms with Gasteiger partial charge in [0.15, 0.2) is 0 Å². The molecule has 0 bridgehead atoms. The van der Waals surface area contributed by atoms with Crippen LogP contribution in [0.25, 0.3) is 0 Å². The summed E-state index contributed by atoms with van der Waals surface area (Å²) in [5.74, 6) is 0.555. The number of benzene rings is 1. The van der Waals surface area contributed by atoms with Crippen LogP contribution in [0.5, 0.6) is 5.75 Å². The zero-order chi connectivity index (χ0) is 18.9. The Labute approximate surface area is 154 Å². The molecule has 1 N–H and O–H groups in total. The van der Waals surface area contributed by atoms with Crippen LogP contribution in [0.1, 0.15) is 36.6 Å². The van der Waals surface area contributed by atoms with E-state index in [1.54, 1.807) is 0 Å². The highest BCUT2D eigenvalue weighted by molar-refractivity contribution is 5.75. The van der Waals surface area contributed by atoms with Crippen molar-refractivity contribution in [2.24, 2.45) is 0 Å². The number of hydrogen-bond donors (Lipinski definition) is 1.